The average molecular weight is 381 g/mol. The first-order valence-corrected chi connectivity index (χ1v) is 8.97. The lowest BCUT2D eigenvalue weighted by molar-refractivity contribution is -0.137. The standard InChI is InChI=1S/C18H22F3N5O/c19-18(20,21)14-6-7-16(22-12-14)23-13-15-4-1-2-9-25(15)10-11-26-17(27)5-3-8-24-26/h3,5-8,12,15H,1-2,4,9-11,13H2,(H,22,23). The molecule has 0 radical (unpaired) electrons. The van der Waals surface area contributed by atoms with Gasteiger partial charge in [0.1, 0.15) is 5.82 Å². The fourth-order valence-electron chi connectivity index (χ4n) is 3.25. The van der Waals surface area contributed by atoms with Crippen molar-refractivity contribution in [3.63, 3.8) is 0 Å². The number of aromatic nitrogens is 3. The molecule has 0 aliphatic carbocycles. The number of piperidine rings is 1. The van der Waals surface area contributed by atoms with Crippen molar-refractivity contribution in [1.29, 1.82) is 0 Å². The van der Waals surface area contributed by atoms with E-state index in [1.165, 1.54) is 16.8 Å². The van der Waals surface area contributed by atoms with Crippen LogP contribution in [0.3, 0.4) is 0 Å². The minimum absolute atomic E-state index is 0.127. The van der Waals surface area contributed by atoms with Gasteiger partial charge in [-0.3, -0.25) is 9.69 Å². The van der Waals surface area contributed by atoms with E-state index >= 15 is 0 Å². The van der Waals surface area contributed by atoms with E-state index in [1.807, 2.05) is 0 Å². The van der Waals surface area contributed by atoms with Crippen LogP contribution < -0.4 is 10.9 Å². The van der Waals surface area contributed by atoms with Crippen molar-refractivity contribution in [2.24, 2.45) is 0 Å². The number of anilines is 1. The van der Waals surface area contributed by atoms with Crippen LogP contribution in [0.15, 0.2) is 41.5 Å². The Kier molecular flexibility index (Phi) is 6.10. The normalized spacial score (nSPS) is 18.4. The minimum atomic E-state index is -4.38. The summed E-state index contributed by atoms with van der Waals surface area (Å²) in [6.45, 7) is 2.72. The molecule has 1 unspecified atom stereocenters. The third-order valence-electron chi connectivity index (χ3n) is 4.74. The molecule has 1 atom stereocenters. The van der Waals surface area contributed by atoms with Crippen LogP contribution in [0.5, 0.6) is 0 Å². The van der Waals surface area contributed by atoms with Gasteiger partial charge in [-0.2, -0.15) is 18.3 Å². The molecule has 0 bridgehead atoms. The van der Waals surface area contributed by atoms with Crippen LogP contribution in [0.4, 0.5) is 19.0 Å². The molecule has 0 amide bonds. The van der Waals surface area contributed by atoms with Gasteiger partial charge >= 0.3 is 6.18 Å². The van der Waals surface area contributed by atoms with Crippen LogP contribution >= 0.6 is 0 Å². The van der Waals surface area contributed by atoms with Crippen molar-refractivity contribution >= 4 is 5.82 Å². The molecule has 146 valence electrons. The van der Waals surface area contributed by atoms with Gasteiger partial charge in [0.05, 0.1) is 12.1 Å². The maximum absolute atomic E-state index is 12.6. The average Bonchev–Trinajstić information content (AvgIpc) is 2.66. The summed E-state index contributed by atoms with van der Waals surface area (Å²) in [6.07, 6.45) is 1.24. The Morgan fingerprint density at radius 3 is 2.74 bits per heavy atom. The molecule has 0 aromatic carbocycles. The molecule has 3 heterocycles. The Labute approximate surface area is 155 Å². The highest BCUT2D eigenvalue weighted by Gasteiger charge is 2.30. The molecule has 1 N–H and O–H groups in total. The summed E-state index contributed by atoms with van der Waals surface area (Å²) in [5.74, 6) is 0.425. The first-order chi connectivity index (χ1) is 12.9. The van der Waals surface area contributed by atoms with Crippen molar-refractivity contribution in [2.75, 3.05) is 25.0 Å². The zero-order valence-electron chi connectivity index (χ0n) is 14.8. The molecule has 1 saturated heterocycles. The molecular formula is C18H22F3N5O. The first kappa shape index (κ1) is 19.3. The molecule has 2 aromatic heterocycles. The van der Waals surface area contributed by atoms with Gasteiger partial charge < -0.3 is 5.32 Å². The lowest BCUT2D eigenvalue weighted by Gasteiger charge is -2.35. The summed E-state index contributed by atoms with van der Waals surface area (Å²) in [6, 6.07) is 5.72. The van der Waals surface area contributed by atoms with Crippen LogP contribution in [0.1, 0.15) is 24.8 Å². The number of nitrogens with zero attached hydrogens (tertiary/aromatic N) is 4. The van der Waals surface area contributed by atoms with Crippen molar-refractivity contribution in [3.8, 4) is 0 Å². The summed E-state index contributed by atoms with van der Waals surface area (Å²) in [7, 11) is 0. The molecule has 3 rings (SSSR count). The molecule has 9 heteroatoms. The molecule has 2 aromatic rings. The minimum Gasteiger partial charge on any atom is -0.369 e. The lowest BCUT2D eigenvalue weighted by atomic mass is 10.0. The second kappa shape index (κ2) is 8.51. The Balaban J connectivity index is 1.56. The van der Waals surface area contributed by atoms with Crippen LogP contribution in [-0.2, 0) is 12.7 Å². The smallest absolute Gasteiger partial charge is 0.369 e. The quantitative estimate of drug-likeness (QED) is 0.834. The van der Waals surface area contributed by atoms with Gasteiger partial charge in [-0.05, 0) is 37.6 Å². The van der Waals surface area contributed by atoms with E-state index in [1.54, 1.807) is 12.3 Å². The monoisotopic (exact) mass is 381 g/mol. The molecule has 0 saturated carbocycles. The number of hydrogen-bond donors (Lipinski definition) is 1. The Morgan fingerprint density at radius 2 is 2.04 bits per heavy atom. The summed E-state index contributed by atoms with van der Waals surface area (Å²) in [5, 5.41) is 7.20. The fraction of sp³-hybridized carbons (Fsp3) is 0.500. The SMILES string of the molecule is O=c1cccnn1CCN1CCCCC1CNc1ccc(C(F)(F)F)cn1. The predicted octanol–water partition coefficient (Wildman–Crippen LogP) is 2.62. The molecule has 1 aliphatic heterocycles. The zero-order chi connectivity index (χ0) is 19.3. The topological polar surface area (TPSA) is 63.1 Å². The van der Waals surface area contributed by atoms with Gasteiger partial charge in [0.15, 0.2) is 0 Å². The van der Waals surface area contributed by atoms with Gasteiger partial charge in [-0.25, -0.2) is 9.67 Å². The van der Waals surface area contributed by atoms with E-state index in [0.717, 1.165) is 38.1 Å². The van der Waals surface area contributed by atoms with Crippen molar-refractivity contribution < 1.29 is 13.2 Å². The van der Waals surface area contributed by atoms with E-state index in [2.05, 4.69) is 20.3 Å². The highest BCUT2D eigenvalue weighted by molar-refractivity contribution is 5.36. The van der Waals surface area contributed by atoms with Gasteiger partial charge in [-0.1, -0.05) is 6.42 Å². The maximum atomic E-state index is 12.6. The van der Waals surface area contributed by atoms with Crippen molar-refractivity contribution in [3.05, 3.63) is 52.6 Å². The van der Waals surface area contributed by atoms with Crippen LogP contribution in [0, 0.1) is 0 Å². The highest BCUT2D eigenvalue weighted by Crippen LogP contribution is 2.28. The van der Waals surface area contributed by atoms with E-state index in [0.29, 0.717) is 25.5 Å². The summed E-state index contributed by atoms with van der Waals surface area (Å²) in [5.41, 5.74) is -0.883. The molecule has 1 aliphatic rings. The summed E-state index contributed by atoms with van der Waals surface area (Å²) >= 11 is 0. The Bertz CT molecular complexity index is 791. The van der Waals surface area contributed by atoms with Gasteiger partial charge in [-0.15, -0.1) is 0 Å². The molecule has 0 spiro atoms. The van der Waals surface area contributed by atoms with E-state index in [-0.39, 0.29) is 11.6 Å². The number of nitrogens with one attached hydrogen (secondary N) is 1. The summed E-state index contributed by atoms with van der Waals surface area (Å²) < 4.78 is 39.3. The fourth-order valence-corrected chi connectivity index (χ4v) is 3.25. The Morgan fingerprint density at radius 1 is 1.19 bits per heavy atom. The number of hydrogen-bond acceptors (Lipinski definition) is 5. The third kappa shape index (κ3) is 5.29. The number of rotatable bonds is 6. The number of halogens is 3. The Hall–Kier alpha value is -2.42. The van der Waals surface area contributed by atoms with Crippen LogP contribution in [0.2, 0.25) is 0 Å². The van der Waals surface area contributed by atoms with E-state index < -0.39 is 11.7 Å². The maximum Gasteiger partial charge on any atom is 0.417 e. The second-order valence-corrected chi connectivity index (χ2v) is 6.58. The summed E-state index contributed by atoms with van der Waals surface area (Å²) in [4.78, 5) is 17.9. The number of alkyl halides is 3. The molecule has 6 nitrogen and oxygen atoms in total. The van der Waals surface area contributed by atoms with Gasteiger partial charge in [0, 0.05) is 37.6 Å². The third-order valence-corrected chi connectivity index (χ3v) is 4.74. The van der Waals surface area contributed by atoms with Crippen LogP contribution in [-0.4, -0.2) is 45.3 Å². The van der Waals surface area contributed by atoms with Crippen molar-refractivity contribution in [1.82, 2.24) is 19.7 Å². The number of pyridine rings is 1. The molecule has 1 fully saturated rings. The van der Waals surface area contributed by atoms with Gasteiger partial charge in [0.25, 0.3) is 5.56 Å². The first-order valence-electron chi connectivity index (χ1n) is 8.97. The van der Waals surface area contributed by atoms with Gasteiger partial charge in [0.2, 0.25) is 0 Å². The highest BCUT2D eigenvalue weighted by atomic mass is 19.4. The predicted molar refractivity (Wildman–Crippen MR) is 95.4 cm³/mol. The lowest BCUT2D eigenvalue weighted by Crippen LogP contribution is -2.45. The van der Waals surface area contributed by atoms with E-state index in [9.17, 15) is 18.0 Å². The number of likely N-dealkylation sites (tertiary alicyclic amines) is 1. The largest absolute Gasteiger partial charge is 0.417 e. The second-order valence-electron chi connectivity index (χ2n) is 6.58. The molecular weight excluding hydrogens is 359 g/mol. The zero-order valence-corrected chi connectivity index (χ0v) is 14.8. The molecule has 27 heavy (non-hydrogen) atoms. The van der Waals surface area contributed by atoms with E-state index in [4.69, 9.17) is 0 Å². The van der Waals surface area contributed by atoms with Crippen molar-refractivity contribution in [2.45, 2.75) is 38.0 Å². The van der Waals surface area contributed by atoms with Crippen LogP contribution in [0.25, 0.3) is 0 Å².